The Kier molecular flexibility index (Phi) is 7.18. The van der Waals surface area contributed by atoms with Crippen molar-refractivity contribution < 1.29 is 19.1 Å². The molecule has 122 valence electrons. The summed E-state index contributed by atoms with van der Waals surface area (Å²) in [5, 5.41) is 2.71. The van der Waals surface area contributed by atoms with E-state index in [2.05, 4.69) is 5.32 Å². The third-order valence-corrected chi connectivity index (χ3v) is 2.78. The molecule has 0 aliphatic heterocycles. The van der Waals surface area contributed by atoms with Gasteiger partial charge in [0.1, 0.15) is 5.60 Å². The molecule has 0 aliphatic carbocycles. The first kappa shape index (κ1) is 18.3. The molecule has 6 heteroatoms. The minimum Gasteiger partial charge on any atom is -0.449 e. The predicted molar refractivity (Wildman–Crippen MR) is 84.7 cm³/mol. The highest BCUT2D eigenvalue weighted by atomic mass is 35.5. The molecule has 0 heterocycles. The van der Waals surface area contributed by atoms with Crippen LogP contribution >= 0.6 is 11.6 Å². The summed E-state index contributed by atoms with van der Waals surface area (Å²) < 4.78 is 9.95. The Labute approximate surface area is 135 Å². The molecule has 1 amide bonds. The first-order valence-electron chi connectivity index (χ1n) is 7.05. The molecule has 0 spiro atoms. The highest BCUT2D eigenvalue weighted by molar-refractivity contribution is 6.17. The minimum absolute atomic E-state index is 0.0286. The Morgan fingerprint density at radius 1 is 1.23 bits per heavy atom. The van der Waals surface area contributed by atoms with Gasteiger partial charge >= 0.3 is 12.1 Å². The van der Waals surface area contributed by atoms with Crippen LogP contribution in [0.3, 0.4) is 0 Å². The van der Waals surface area contributed by atoms with Crippen LogP contribution in [0.25, 0.3) is 0 Å². The second-order valence-electron chi connectivity index (χ2n) is 5.86. The zero-order valence-corrected chi connectivity index (χ0v) is 13.9. The van der Waals surface area contributed by atoms with Crippen molar-refractivity contribution in [1.82, 2.24) is 5.32 Å². The molecule has 0 unspecified atom stereocenters. The number of amides is 1. The van der Waals surface area contributed by atoms with Crippen molar-refractivity contribution in [2.75, 3.05) is 6.07 Å². The SMILES string of the molecule is CC(C)(C)OC(=O)N[C@H](CC(=O)OCCl)Cc1ccccc1. The van der Waals surface area contributed by atoms with E-state index in [9.17, 15) is 9.59 Å². The van der Waals surface area contributed by atoms with Gasteiger partial charge in [-0.25, -0.2) is 4.79 Å². The Bertz CT molecular complexity index is 485. The van der Waals surface area contributed by atoms with Crippen molar-refractivity contribution in [1.29, 1.82) is 0 Å². The van der Waals surface area contributed by atoms with Crippen molar-refractivity contribution in [2.45, 2.75) is 45.3 Å². The van der Waals surface area contributed by atoms with Crippen LogP contribution in [0.4, 0.5) is 4.79 Å². The van der Waals surface area contributed by atoms with Gasteiger partial charge in [0.15, 0.2) is 6.07 Å². The van der Waals surface area contributed by atoms with Gasteiger partial charge in [-0.15, -0.1) is 0 Å². The van der Waals surface area contributed by atoms with E-state index in [0.717, 1.165) is 5.56 Å². The molecule has 5 nitrogen and oxygen atoms in total. The standard InChI is InChI=1S/C16H22ClNO4/c1-16(2,3)22-15(20)18-13(10-14(19)21-11-17)9-12-7-5-4-6-8-12/h4-8,13H,9-11H2,1-3H3,(H,18,20)/t13-/m0/s1. The Morgan fingerprint density at radius 2 is 1.86 bits per heavy atom. The van der Waals surface area contributed by atoms with Gasteiger partial charge in [0.25, 0.3) is 0 Å². The van der Waals surface area contributed by atoms with E-state index in [-0.39, 0.29) is 12.5 Å². The third-order valence-electron chi connectivity index (χ3n) is 2.67. The number of hydrogen-bond donors (Lipinski definition) is 1. The highest BCUT2D eigenvalue weighted by Crippen LogP contribution is 2.10. The summed E-state index contributed by atoms with van der Waals surface area (Å²) in [7, 11) is 0. The number of benzene rings is 1. The number of carbonyl (C=O) groups is 2. The topological polar surface area (TPSA) is 64.6 Å². The molecular formula is C16H22ClNO4. The van der Waals surface area contributed by atoms with Crippen LogP contribution < -0.4 is 5.32 Å². The largest absolute Gasteiger partial charge is 0.449 e. The number of halogens is 1. The zero-order chi connectivity index (χ0) is 16.6. The van der Waals surface area contributed by atoms with Crippen molar-refractivity contribution in [3.8, 4) is 0 Å². The maximum absolute atomic E-state index is 11.9. The predicted octanol–water partition coefficient (Wildman–Crippen LogP) is 3.25. The summed E-state index contributed by atoms with van der Waals surface area (Å²) in [6.45, 7) is 5.33. The molecule has 0 radical (unpaired) electrons. The molecule has 0 bridgehead atoms. The lowest BCUT2D eigenvalue weighted by Crippen LogP contribution is -2.41. The van der Waals surface area contributed by atoms with E-state index in [4.69, 9.17) is 21.1 Å². The first-order valence-corrected chi connectivity index (χ1v) is 7.58. The van der Waals surface area contributed by atoms with Crippen molar-refractivity contribution >= 4 is 23.7 Å². The summed E-state index contributed by atoms with van der Waals surface area (Å²) >= 11 is 5.38. The second kappa shape index (κ2) is 8.63. The number of carbonyl (C=O) groups excluding carboxylic acids is 2. The number of alkyl carbamates (subject to hydrolysis) is 1. The first-order chi connectivity index (χ1) is 10.3. The number of hydrogen-bond acceptors (Lipinski definition) is 4. The molecule has 1 aromatic rings. The van der Waals surface area contributed by atoms with Crippen LogP contribution in [0.2, 0.25) is 0 Å². The van der Waals surface area contributed by atoms with E-state index in [1.165, 1.54) is 0 Å². The van der Waals surface area contributed by atoms with Gasteiger partial charge in [-0.1, -0.05) is 41.9 Å². The van der Waals surface area contributed by atoms with Gasteiger partial charge in [0.2, 0.25) is 0 Å². The van der Waals surface area contributed by atoms with E-state index >= 15 is 0 Å². The van der Waals surface area contributed by atoms with Crippen molar-refractivity contribution in [3.05, 3.63) is 35.9 Å². The van der Waals surface area contributed by atoms with Crippen LogP contribution in [-0.4, -0.2) is 29.8 Å². The maximum atomic E-state index is 11.9. The average molecular weight is 328 g/mol. The lowest BCUT2D eigenvalue weighted by molar-refractivity contribution is -0.142. The molecule has 22 heavy (non-hydrogen) atoms. The van der Waals surface area contributed by atoms with Crippen LogP contribution in [-0.2, 0) is 20.7 Å². The lowest BCUT2D eigenvalue weighted by atomic mass is 10.0. The molecular weight excluding hydrogens is 306 g/mol. The van der Waals surface area contributed by atoms with Gasteiger partial charge < -0.3 is 14.8 Å². The van der Waals surface area contributed by atoms with Crippen LogP contribution in [0, 0.1) is 0 Å². The fourth-order valence-corrected chi connectivity index (χ4v) is 1.99. The summed E-state index contributed by atoms with van der Waals surface area (Å²) in [6, 6.07) is 8.93. The van der Waals surface area contributed by atoms with Gasteiger partial charge in [-0.2, -0.15) is 0 Å². The fourth-order valence-electron chi connectivity index (χ4n) is 1.87. The van der Waals surface area contributed by atoms with Gasteiger partial charge in [-0.05, 0) is 32.8 Å². The van der Waals surface area contributed by atoms with Crippen molar-refractivity contribution in [3.63, 3.8) is 0 Å². The molecule has 1 N–H and O–H groups in total. The third kappa shape index (κ3) is 7.88. The highest BCUT2D eigenvalue weighted by Gasteiger charge is 2.22. The molecule has 0 aromatic heterocycles. The number of esters is 1. The summed E-state index contributed by atoms with van der Waals surface area (Å²) in [6.07, 6.45) is -0.0367. The fraction of sp³-hybridized carbons (Fsp3) is 0.500. The molecule has 0 saturated heterocycles. The Balaban J connectivity index is 2.69. The lowest BCUT2D eigenvalue weighted by Gasteiger charge is -2.23. The molecule has 0 aliphatic rings. The van der Waals surface area contributed by atoms with Gasteiger partial charge in [0, 0.05) is 6.04 Å². The Morgan fingerprint density at radius 3 is 2.41 bits per heavy atom. The second-order valence-corrected chi connectivity index (χ2v) is 6.08. The van der Waals surface area contributed by atoms with E-state index in [1.807, 2.05) is 30.3 Å². The Hall–Kier alpha value is -1.75. The molecule has 0 fully saturated rings. The summed E-state index contributed by atoms with van der Waals surface area (Å²) in [5.41, 5.74) is 0.403. The van der Waals surface area contributed by atoms with Crippen LogP contribution in [0.15, 0.2) is 30.3 Å². The minimum atomic E-state index is -0.599. The number of nitrogens with one attached hydrogen (secondary N) is 1. The normalized spacial score (nSPS) is 12.4. The monoisotopic (exact) mass is 327 g/mol. The summed E-state index contributed by atoms with van der Waals surface area (Å²) in [5.74, 6) is -0.466. The molecule has 0 saturated carbocycles. The molecule has 1 rings (SSSR count). The van der Waals surface area contributed by atoms with Gasteiger partial charge in [-0.3, -0.25) is 4.79 Å². The van der Waals surface area contributed by atoms with E-state index < -0.39 is 23.7 Å². The summed E-state index contributed by atoms with van der Waals surface area (Å²) in [4.78, 5) is 23.5. The van der Waals surface area contributed by atoms with Gasteiger partial charge in [0.05, 0.1) is 6.42 Å². The quantitative estimate of drug-likeness (QED) is 0.643. The number of ether oxygens (including phenoxy) is 2. The van der Waals surface area contributed by atoms with E-state index in [1.54, 1.807) is 20.8 Å². The maximum Gasteiger partial charge on any atom is 0.407 e. The van der Waals surface area contributed by atoms with Crippen LogP contribution in [0.1, 0.15) is 32.8 Å². The molecule has 1 atom stereocenters. The zero-order valence-electron chi connectivity index (χ0n) is 13.1. The number of alkyl halides is 1. The van der Waals surface area contributed by atoms with Crippen molar-refractivity contribution in [2.24, 2.45) is 0 Å². The average Bonchev–Trinajstić information content (AvgIpc) is 2.37. The number of rotatable bonds is 6. The molecule has 1 aromatic carbocycles. The van der Waals surface area contributed by atoms with Crippen LogP contribution in [0.5, 0.6) is 0 Å². The smallest absolute Gasteiger partial charge is 0.407 e. The van der Waals surface area contributed by atoms with E-state index in [0.29, 0.717) is 6.42 Å².